The fourth-order valence-corrected chi connectivity index (χ4v) is 5.15. The quantitative estimate of drug-likeness (QED) is 0.539. The van der Waals surface area contributed by atoms with Crippen molar-refractivity contribution in [3.63, 3.8) is 0 Å². The van der Waals surface area contributed by atoms with E-state index in [-0.39, 0.29) is 12.0 Å². The van der Waals surface area contributed by atoms with E-state index in [9.17, 15) is 8.42 Å². The molecule has 156 valence electrons. The monoisotopic (exact) mass is 460 g/mol. The van der Waals surface area contributed by atoms with E-state index in [0.29, 0.717) is 21.5 Å². The molecule has 0 aromatic heterocycles. The van der Waals surface area contributed by atoms with Gasteiger partial charge in [0.15, 0.2) is 0 Å². The molecule has 0 unspecified atom stereocenters. The minimum Gasteiger partial charge on any atom is -0.292 e. The fourth-order valence-electron chi connectivity index (χ4n) is 3.76. The second kappa shape index (κ2) is 9.08. The van der Waals surface area contributed by atoms with Crippen LogP contribution in [0.5, 0.6) is 0 Å². The number of hydrogen-bond acceptors (Lipinski definition) is 3. The number of hydrogen-bond donors (Lipinski definition) is 1. The summed E-state index contributed by atoms with van der Waals surface area (Å²) in [5.41, 5.74) is 2.29. The summed E-state index contributed by atoms with van der Waals surface area (Å²) in [7, 11) is -3.48. The lowest BCUT2D eigenvalue weighted by Gasteiger charge is -2.45. The molecule has 4 nitrogen and oxygen atoms in total. The zero-order chi connectivity index (χ0) is 21.1. The highest BCUT2D eigenvalue weighted by atomic mass is 35.5. The Morgan fingerprint density at radius 1 is 0.833 bits per heavy atom. The lowest BCUT2D eigenvalue weighted by atomic mass is 9.90. The molecule has 0 atom stereocenters. The molecule has 1 heterocycles. The van der Waals surface area contributed by atoms with Gasteiger partial charge in [-0.15, -0.1) is 0 Å². The van der Waals surface area contributed by atoms with E-state index < -0.39 is 10.0 Å². The maximum atomic E-state index is 12.4. The molecule has 0 spiro atoms. The van der Waals surface area contributed by atoms with E-state index in [1.54, 1.807) is 30.3 Å². The molecule has 0 bridgehead atoms. The Hall–Kier alpha value is -1.89. The zero-order valence-electron chi connectivity index (χ0n) is 16.2. The Balaban J connectivity index is 1.44. The van der Waals surface area contributed by atoms with Crippen molar-refractivity contribution in [2.45, 2.75) is 10.9 Å². The van der Waals surface area contributed by atoms with Crippen molar-refractivity contribution in [3.8, 4) is 0 Å². The minimum absolute atomic E-state index is 0.0708. The van der Waals surface area contributed by atoms with Gasteiger partial charge in [-0.3, -0.25) is 4.90 Å². The van der Waals surface area contributed by atoms with Crippen molar-refractivity contribution in [2.75, 3.05) is 19.6 Å². The van der Waals surface area contributed by atoms with Crippen LogP contribution in [0.1, 0.15) is 17.2 Å². The van der Waals surface area contributed by atoms with Gasteiger partial charge >= 0.3 is 0 Å². The molecule has 1 saturated heterocycles. The summed E-state index contributed by atoms with van der Waals surface area (Å²) in [6, 6.07) is 24.2. The molecule has 1 N–H and O–H groups in total. The van der Waals surface area contributed by atoms with Crippen LogP contribution >= 0.6 is 23.2 Å². The van der Waals surface area contributed by atoms with Crippen LogP contribution in [0.2, 0.25) is 10.0 Å². The highest BCUT2D eigenvalue weighted by Crippen LogP contribution is 2.35. The number of halogens is 2. The third-order valence-corrected chi connectivity index (χ3v) is 7.28. The molecule has 1 fully saturated rings. The number of benzene rings is 3. The minimum atomic E-state index is -3.48. The Morgan fingerprint density at radius 3 is 1.83 bits per heavy atom. The molecule has 0 aliphatic carbocycles. The molecule has 3 aromatic carbocycles. The normalized spacial score (nSPS) is 15.3. The first kappa shape index (κ1) is 21.3. The van der Waals surface area contributed by atoms with Gasteiger partial charge in [-0.05, 0) is 53.4 Å². The van der Waals surface area contributed by atoms with E-state index in [1.165, 1.54) is 0 Å². The number of nitrogens with zero attached hydrogens (tertiary/aromatic N) is 1. The van der Waals surface area contributed by atoms with Crippen molar-refractivity contribution in [1.82, 2.24) is 9.62 Å². The van der Waals surface area contributed by atoms with Crippen molar-refractivity contribution in [2.24, 2.45) is 5.92 Å². The second-order valence-electron chi connectivity index (χ2n) is 7.49. The molecule has 3 aromatic rings. The molecular formula is C23H22Cl2N2O2S. The predicted octanol–water partition coefficient (Wildman–Crippen LogP) is 4.99. The van der Waals surface area contributed by atoms with E-state index in [4.69, 9.17) is 23.2 Å². The van der Waals surface area contributed by atoms with Gasteiger partial charge in [-0.25, -0.2) is 13.1 Å². The summed E-state index contributed by atoms with van der Waals surface area (Å²) in [6.45, 7) is 2.02. The molecule has 0 amide bonds. The van der Waals surface area contributed by atoms with Crippen LogP contribution in [-0.4, -0.2) is 33.0 Å². The Kier molecular flexibility index (Phi) is 6.46. The lowest BCUT2D eigenvalue weighted by molar-refractivity contribution is 0.0715. The van der Waals surface area contributed by atoms with Gasteiger partial charge < -0.3 is 0 Å². The summed E-state index contributed by atoms with van der Waals surface area (Å²) in [4.78, 5) is 2.63. The van der Waals surface area contributed by atoms with Crippen LogP contribution in [0.25, 0.3) is 0 Å². The first-order valence-electron chi connectivity index (χ1n) is 9.72. The molecule has 1 aliphatic heterocycles. The maximum absolute atomic E-state index is 12.4. The third-order valence-electron chi connectivity index (χ3n) is 5.34. The summed E-state index contributed by atoms with van der Waals surface area (Å²) in [5.74, 6) is 0.255. The molecule has 1 aliphatic rings. The van der Waals surface area contributed by atoms with Crippen LogP contribution < -0.4 is 4.72 Å². The summed E-state index contributed by atoms with van der Waals surface area (Å²) in [5, 5.41) is 1.40. The first-order valence-corrected chi connectivity index (χ1v) is 12.0. The Labute approximate surface area is 187 Å². The molecular weight excluding hydrogens is 439 g/mol. The van der Waals surface area contributed by atoms with E-state index in [0.717, 1.165) is 24.2 Å². The lowest BCUT2D eigenvalue weighted by Crippen LogP contribution is -2.52. The van der Waals surface area contributed by atoms with Crippen LogP contribution in [0, 0.1) is 5.92 Å². The number of nitrogens with one attached hydrogen (secondary N) is 1. The average Bonchev–Trinajstić information content (AvgIpc) is 2.72. The van der Waals surface area contributed by atoms with Crippen LogP contribution in [-0.2, 0) is 10.0 Å². The molecule has 0 saturated carbocycles. The van der Waals surface area contributed by atoms with Gasteiger partial charge in [-0.2, -0.15) is 0 Å². The second-order valence-corrected chi connectivity index (χ2v) is 10.1. The van der Waals surface area contributed by atoms with Gasteiger partial charge in [0.25, 0.3) is 0 Å². The largest absolute Gasteiger partial charge is 0.292 e. The zero-order valence-corrected chi connectivity index (χ0v) is 18.5. The van der Waals surface area contributed by atoms with Crippen molar-refractivity contribution < 1.29 is 8.42 Å². The Bertz CT molecular complexity index is 1040. The number of likely N-dealkylation sites (tertiary alicyclic amines) is 1. The SMILES string of the molecule is O=S(=O)(NCC1CN(C(c2ccc(Cl)cc2)c2ccc(Cl)cc2)C1)c1ccccc1. The van der Waals surface area contributed by atoms with Crippen LogP contribution in [0.3, 0.4) is 0 Å². The number of sulfonamides is 1. The molecule has 30 heavy (non-hydrogen) atoms. The molecule has 4 rings (SSSR count). The molecule has 0 radical (unpaired) electrons. The predicted molar refractivity (Wildman–Crippen MR) is 121 cm³/mol. The van der Waals surface area contributed by atoms with Gasteiger partial charge in [0, 0.05) is 29.7 Å². The van der Waals surface area contributed by atoms with E-state index in [2.05, 4.69) is 9.62 Å². The number of rotatable bonds is 7. The molecule has 7 heteroatoms. The van der Waals surface area contributed by atoms with Crippen molar-refractivity contribution >= 4 is 33.2 Å². The van der Waals surface area contributed by atoms with Crippen molar-refractivity contribution in [1.29, 1.82) is 0 Å². The van der Waals surface area contributed by atoms with Crippen LogP contribution in [0.4, 0.5) is 0 Å². The van der Waals surface area contributed by atoms with Gasteiger partial charge in [-0.1, -0.05) is 65.7 Å². The van der Waals surface area contributed by atoms with Gasteiger partial charge in [0.2, 0.25) is 10.0 Å². The summed E-state index contributed by atoms with van der Waals surface area (Å²) in [6.07, 6.45) is 0. The highest BCUT2D eigenvalue weighted by Gasteiger charge is 2.34. The first-order chi connectivity index (χ1) is 14.4. The smallest absolute Gasteiger partial charge is 0.240 e. The Morgan fingerprint density at radius 2 is 1.33 bits per heavy atom. The summed E-state index contributed by atoms with van der Waals surface area (Å²) >= 11 is 12.1. The topological polar surface area (TPSA) is 49.4 Å². The average molecular weight is 461 g/mol. The van der Waals surface area contributed by atoms with Gasteiger partial charge in [0.1, 0.15) is 0 Å². The fraction of sp³-hybridized carbons (Fsp3) is 0.217. The third kappa shape index (κ3) is 4.88. The highest BCUT2D eigenvalue weighted by molar-refractivity contribution is 7.89. The summed E-state index contributed by atoms with van der Waals surface area (Å²) < 4.78 is 27.6. The standard InChI is InChI=1S/C23H22Cl2N2O2S/c24-20-10-6-18(7-11-20)23(19-8-12-21(25)13-9-19)27-15-17(16-27)14-26-30(28,29)22-4-2-1-3-5-22/h1-13,17,23,26H,14-16H2. The van der Waals surface area contributed by atoms with E-state index >= 15 is 0 Å². The van der Waals surface area contributed by atoms with Crippen LogP contribution in [0.15, 0.2) is 83.8 Å². The maximum Gasteiger partial charge on any atom is 0.240 e. The van der Waals surface area contributed by atoms with Crippen molar-refractivity contribution in [3.05, 3.63) is 100 Å². The van der Waals surface area contributed by atoms with Gasteiger partial charge in [0.05, 0.1) is 10.9 Å². The van der Waals surface area contributed by atoms with E-state index in [1.807, 2.05) is 48.5 Å².